The largest absolute Gasteiger partial charge is 0.449 e. The predicted molar refractivity (Wildman–Crippen MR) is 55.7 cm³/mol. The summed E-state index contributed by atoms with van der Waals surface area (Å²) in [6.45, 7) is 6.89. The van der Waals surface area contributed by atoms with Gasteiger partial charge in [-0.05, 0) is 26.4 Å². The van der Waals surface area contributed by atoms with Gasteiger partial charge in [-0.2, -0.15) is 0 Å². The Morgan fingerprint density at radius 3 is 2.25 bits per heavy atom. The first-order valence-electron chi connectivity index (χ1n) is 3.53. The molecule has 0 amide bonds. The van der Waals surface area contributed by atoms with Crippen LogP contribution in [0, 0.1) is 0 Å². The Balaban J connectivity index is 4.11. The summed E-state index contributed by atoms with van der Waals surface area (Å²) in [5.74, 6) is -0.372. The van der Waals surface area contributed by atoms with E-state index in [1.54, 1.807) is 13.8 Å². The third-order valence-corrected chi connectivity index (χ3v) is 3.84. The Bertz CT molecular complexity index is 196. The summed E-state index contributed by atoms with van der Waals surface area (Å²) >= 11 is 0. The number of hydrogen-bond acceptors (Lipinski definition) is 2. The van der Waals surface area contributed by atoms with Crippen molar-refractivity contribution in [2.45, 2.75) is 19.3 Å². The van der Waals surface area contributed by atoms with Crippen LogP contribution in [0.4, 0.5) is 0 Å². The number of carbonyl (C=O) groups is 1. The molecule has 1 unspecified atom stereocenters. The van der Waals surface area contributed by atoms with Crippen molar-refractivity contribution in [2.24, 2.45) is 0 Å². The van der Waals surface area contributed by atoms with Crippen LogP contribution in [0.15, 0.2) is 12.2 Å². The molecular formula is C8H15ClO2S. The highest BCUT2D eigenvalue weighted by molar-refractivity contribution is 8.50. The van der Waals surface area contributed by atoms with E-state index in [-0.39, 0.29) is 11.4 Å². The van der Waals surface area contributed by atoms with Crippen molar-refractivity contribution in [1.29, 1.82) is 0 Å². The molecule has 0 aliphatic rings. The van der Waals surface area contributed by atoms with Gasteiger partial charge < -0.3 is 4.74 Å². The molecule has 0 heterocycles. The first-order chi connectivity index (χ1) is 5.25. The molecule has 0 N–H and O–H groups in total. The molecule has 0 radical (unpaired) electrons. The van der Waals surface area contributed by atoms with Gasteiger partial charge >= 0.3 is 5.97 Å². The SMILES string of the molecule is C=C(C)C(=O)OC(C)S(C)(C)Cl. The topological polar surface area (TPSA) is 26.3 Å². The second-order valence-corrected chi connectivity index (χ2v) is 8.64. The van der Waals surface area contributed by atoms with Gasteiger partial charge in [-0.15, -0.1) is 9.24 Å². The molecule has 0 aromatic heterocycles. The third-order valence-electron chi connectivity index (χ3n) is 1.41. The van der Waals surface area contributed by atoms with Crippen molar-refractivity contribution in [3.63, 3.8) is 0 Å². The molecule has 0 aliphatic carbocycles. The summed E-state index contributed by atoms with van der Waals surface area (Å²) in [7, 11) is 4.67. The van der Waals surface area contributed by atoms with Crippen molar-refractivity contribution in [1.82, 2.24) is 0 Å². The zero-order valence-electron chi connectivity index (χ0n) is 7.89. The van der Waals surface area contributed by atoms with Crippen molar-refractivity contribution in [3.05, 3.63) is 12.2 Å². The summed E-state index contributed by atoms with van der Waals surface area (Å²) in [6.07, 6.45) is 3.76. The molecule has 72 valence electrons. The van der Waals surface area contributed by atoms with Crippen LogP contribution < -0.4 is 0 Å². The van der Waals surface area contributed by atoms with Crippen LogP contribution in [-0.2, 0) is 9.53 Å². The molecule has 2 nitrogen and oxygen atoms in total. The fourth-order valence-electron chi connectivity index (χ4n) is 0.366. The van der Waals surface area contributed by atoms with E-state index < -0.39 is 9.24 Å². The number of rotatable bonds is 3. The van der Waals surface area contributed by atoms with E-state index in [2.05, 4.69) is 6.58 Å². The minimum absolute atomic E-state index is 0.233. The first-order valence-corrected chi connectivity index (χ1v) is 6.87. The van der Waals surface area contributed by atoms with E-state index in [0.29, 0.717) is 5.57 Å². The van der Waals surface area contributed by atoms with Crippen LogP contribution >= 0.6 is 19.9 Å². The molecule has 1 atom stereocenters. The summed E-state index contributed by atoms with van der Waals surface area (Å²) in [6, 6.07) is 0. The van der Waals surface area contributed by atoms with Crippen LogP contribution in [0.3, 0.4) is 0 Å². The summed E-state index contributed by atoms with van der Waals surface area (Å²) in [5, 5.41) is 0. The Morgan fingerprint density at radius 2 is 2.00 bits per heavy atom. The molecule has 4 heteroatoms. The molecule has 0 aromatic rings. The van der Waals surface area contributed by atoms with E-state index >= 15 is 0 Å². The minimum atomic E-state index is -1.34. The molecular weight excluding hydrogens is 196 g/mol. The standard InChI is InChI=1S/C8H15ClO2S/c1-6(2)8(10)11-7(3)12(4,5)9/h7H,1H2,2-5H3. The van der Waals surface area contributed by atoms with Crippen molar-refractivity contribution < 1.29 is 9.53 Å². The Kier molecular flexibility index (Phi) is 4.14. The summed E-state index contributed by atoms with van der Waals surface area (Å²) < 4.78 is 5.04. The van der Waals surface area contributed by atoms with Crippen LogP contribution in [0.5, 0.6) is 0 Å². The van der Waals surface area contributed by atoms with E-state index in [9.17, 15) is 4.79 Å². The highest BCUT2D eigenvalue weighted by Crippen LogP contribution is 2.50. The van der Waals surface area contributed by atoms with E-state index in [1.165, 1.54) is 0 Å². The van der Waals surface area contributed by atoms with Gasteiger partial charge in [0.25, 0.3) is 0 Å². The molecule has 0 aromatic carbocycles. The van der Waals surface area contributed by atoms with Gasteiger partial charge in [0.2, 0.25) is 0 Å². The van der Waals surface area contributed by atoms with Gasteiger partial charge in [-0.3, -0.25) is 0 Å². The lowest BCUT2D eigenvalue weighted by molar-refractivity contribution is -0.139. The molecule has 0 fully saturated rings. The molecule has 0 spiro atoms. The van der Waals surface area contributed by atoms with Gasteiger partial charge in [0, 0.05) is 5.57 Å². The molecule has 0 saturated heterocycles. The fraction of sp³-hybridized carbons (Fsp3) is 0.625. The number of ether oxygens (including phenoxy) is 1. The van der Waals surface area contributed by atoms with Crippen LogP contribution in [0.1, 0.15) is 13.8 Å². The van der Waals surface area contributed by atoms with Gasteiger partial charge in [0.05, 0.1) is 0 Å². The van der Waals surface area contributed by atoms with E-state index in [0.717, 1.165) is 0 Å². The maximum Gasteiger partial charge on any atom is 0.334 e. The van der Waals surface area contributed by atoms with Gasteiger partial charge in [0.15, 0.2) is 0 Å². The average molecular weight is 211 g/mol. The summed E-state index contributed by atoms with van der Waals surface area (Å²) in [5.41, 5.74) is 0.172. The Hall–Kier alpha value is -0.150. The van der Waals surface area contributed by atoms with Crippen molar-refractivity contribution in [3.8, 4) is 0 Å². The zero-order valence-corrected chi connectivity index (χ0v) is 9.46. The Labute approximate surface area is 79.7 Å². The quantitative estimate of drug-likeness (QED) is 0.529. The van der Waals surface area contributed by atoms with Crippen LogP contribution in [0.25, 0.3) is 0 Å². The molecule has 0 aliphatic heterocycles. The normalized spacial score (nSPS) is 15.1. The number of esters is 1. The van der Waals surface area contributed by atoms with E-state index in [1.807, 2.05) is 12.5 Å². The fourth-order valence-corrected chi connectivity index (χ4v) is 0.791. The van der Waals surface area contributed by atoms with Gasteiger partial charge in [0.1, 0.15) is 5.44 Å². The predicted octanol–water partition coefficient (Wildman–Crippen LogP) is 2.67. The van der Waals surface area contributed by atoms with Crippen molar-refractivity contribution in [2.75, 3.05) is 12.5 Å². The molecule has 12 heavy (non-hydrogen) atoms. The highest BCUT2D eigenvalue weighted by atomic mass is 35.7. The molecule has 0 rings (SSSR count). The van der Waals surface area contributed by atoms with Gasteiger partial charge in [-0.25, -0.2) is 4.79 Å². The average Bonchev–Trinajstić information content (AvgIpc) is 1.85. The highest BCUT2D eigenvalue weighted by Gasteiger charge is 2.21. The first kappa shape index (κ1) is 11.8. The second-order valence-electron chi connectivity index (χ2n) is 3.03. The number of carbonyl (C=O) groups excluding carboxylic acids is 1. The molecule has 0 saturated carbocycles. The van der Waals surface area contributed by atoms with Crippen LogP contribution in [0.2, 0.25) is 0 Å². The maximum absolute atomic E-state index is 11.0. The number of hydrogen-bond donors (Lipinski definition) is 0. The lowest BCUT2D eigenvalue weighted by atomic mass is 10.4. The van der Waals surface area contributed by atoms with E-state index in [4.69, 9.17) is 15.4 Å². The maximum atomic E-state index is 11.0. The monoisotopic (exact) mass is 210 g/mol. The third kappa shape index (κ3) is 4.02. The smallest absolute Gasteiger partial charge is 0.334 e. The summed E-state index contributed by atoms with van der Waals surface area (Å²) in [4.78, 5) is 11.0. The Morgan fingerprint density at radius 1 is 1.58 bits per heavy atom. The zero-order chi connectivity index (χ0) is 9.94. The van der Waals surface area contributed by atoms with Crippen molar-refractivity contribution >= 4 is 25.9 Å². The second kappa shape index (κ2) is 4.19. The lowest BCUT2D eigenvalue weighted by Crippen LogP contribution is -2.18. The van der Waals surface area contributed by atoms with Gasteiger partial charge in [-0.1, -0.05) is 17.3 Å². The number of halogens is 1. The minimum Gasteiger partial charge on any atom is -0.449 e. The molecule has 0 bridgehead atoms. The van der Waals surface area contributed by atoms with Crippen LogP contribution in [-0.4, -0.2) is 23.9 Å². The lowest BCUT2D eigenvalue weighted by Gasteiger charge is -2.29.